The number of rotatable bonds is 1. The van der Waals surface area contributed by atoms with Crippen LogP contribution in [0.4, 0.5) is 0 Å². The van der Waals surface area contributed by atoms with Gasteiger partial charge in [-0.3, -0.25) is 4.79 Å². The average Bonchev–Trinajstić information content (AvgIpc) is 2.48. The molecule has 0 aromatic heterocycles. The van der Waals surface area contributed by atoms with Gasteiger partial charge in [-0.2, -0.15) is 0 Å². The maximum atomic E-state index is 11.4. The lowest BCUT2D eigenvalue weighted by atomic mass is 9.60. The van der Waals surface area contributed by atoms with Crippen molar-refractivity contribution in [3.63, 3.8) is 0 Å². The van der Waals surface area contributed by atoms with Crippen molar-refractivity contribution >= 4 is 13.2 Å². The molecule has 3 heteroatoms. The normalized spacial score (nSPS) is 35.1. The number of amides is 1. The summed E-state index contributed by atoms with van der Waals surface area (Å²) in [6.07, 6.45) is 4.35. The van der Waals surface area contributed by atoms with Crippen molar-refractivity contribution in [2.45, 2.75) is 44.4 Å². The first-order valence-electron chi connectivity index (χ1n) is 4.92. The molecule has 2 aliphatic heterocycles. The van der Waals surface area contributed by atoms with E-state index in [4.69, 9.17) is 0 Å². The van der Waals surface area contributed by atoms with Gasteiger partial charge in [-0.05, 0) is 18.7 Å². The van der Waals surface area contributed by atoms with Crippen LogP contribution in [0.5, 0.6) is 0 Å². The van der Waals surface area contributed by atoms with Crippen molar-refractivity contribution in [2.75, 3.05) is 6.54 Å². The standard InChI is InChI=1S/C9H15BNO/c1-10-7-3-2-6-11-8(7)4-5-9(11)12/h7-8H,2-6H2,1H3. The predicted octanol–water partition coefficient (Wildman–Crippen LogP) is 1.31. The molecule has 0 aromatic carbocycles. The second-order valence-corrected chi connectivity index (χ2v) is 3.83. The van der Waals surface area contributed by atoms with Gasteiger partial charge < -0.3 is 4.90 Å². The molecule has 2 atom stereocenters. The molecule has 0 N–H and O–H groups in total. The molecule has 2 saturated heterocycles. The lowest BCUT2D eigenvalue weighted by Crippen LogP contribution is -2.41. The molecule has 2 rings (SSSR count). The number of nitrogens with zero attached hydrogens (tertiary/aromatic N) is 1. The van der Waals surface area contributed by atoms with Crippen LogP contribution in [0.25, 0.3) is 0 Å². The Morgan fingerprint density at radius 3 is 3.08 bits per heavy atom. The molecule has 2 aliphatic rings. The van der Waals surface area contributed by atoms with Crippen LogP contribution in [0, 0.1) is 0 Å². The Labute approximate surface area is 74.6 Å². The Morgan fingerprint density at radius 2 is 2.33 bits per heavy atom. The first-order valence-corrected chi connectivity index (χ1v) is 4.92. The molecule has 0 bridgehead atoms. The van der Waals surface area contributed by atoms with Crippen LogP contribution in [0.2, 0.25) is 12.6 Å². The van der Waals surface area contributed by atoms with Gasteiger partial charge in [-0.1, -0.05) is 13.2 Å². The zero-order valence-corrected chi connectivity index (χ0v) is 7.62. The fraction of sp³-hybridized carbons (Fsp3) is 0.889. The number of hydrogen-bond acceptors (Lipinski definition) is 1. The number of fused-ring (bicyclic) bond motifs is 1. The van der Waals surface area contributed by atoms with Crippen LogP contribution in [-0.2, 0) is 4.79 Å². The van der Waals surface area contributed by atoms with Crippen molar-refractivity contribution in [1.82, 2.24) is 4.90 Å². The number of piperidine rings is 1. The second-order valence-electron chi connectivity index (χ2n) is 3.83. The van der Waals surface area contributed by atoms with Crippen LogP contribution < -0.4 is 0 Å². The van der Waals surface area contributed by atoms with Gasteiger partial charge >= 0.3 is 0 Å². The smallest absolute Gasteiger partial charge is 0.222 e. The van der Waals surface area contributed by atoms with E-state index in [9.17, 15) is 4.79 Å². The minimum Gasteiger partial charge on any atom is -0.340 e. The minimum absolute atomic E-state index is 0.381. The largest absolute Gasteiger partial charge is 0.340 e. The van der Waals surface area contributed by atoms with Gasteiger partial charge in [0, 0.05) is 19.0 Å². The summed E-state index contributed by atoms with van der Waals surface area (Å²) in [5.41, 5.74) is 0. The van der Waals surface area contributed by atoms with E-state index in [-0.39, 0.29) is 0 Å². The molecular formula is C9H15BNO. The highest BCUT2D eigenvalue weighted by molar-refractivity contribution is 6.36. The zero-order chi connectivity index (χ0) is 8.55. The third kappa shape index (κ3) is 1.15. The quantitative estimate of drug-likeness (QED) is 0.535. The number of carbonyl (C=O) groups excluding carboxylic acids is 1. The molecule has 2 unspecified atom stereocenters. The van der Waals surface area contributed by atoms with Gasteiger partial charge in [0.15, 0.2) is 0 Å². The summed E-state index contributed by atoms with van der Waals surface area (Å²) in [5.74, 6) is 1.05. The summed E-state index contributed by atoms with van der Waals surface area (Å²) >= 11 is 0. The van der Waals surface area contributed by atoms with Gasteiger partial charge in [0.1, 0.15) is 7.28 Å². The first-order chi connectivity index (χ1) is 5.83. The van der Waals surface area contributed by atoms with E-state index in [1.165, 1.54) is 12.8 Å². The Morgan fingerprint density at radius 1 is 1.50 bits per heavy atom. The van der Waals surface area contributed by atoms with Crippen molar-refractivity contribution in [3.8, 4) is 0 Å². The molecule has 1 radical (unpaired) electrons. The van der Waals surface area contributed by atoms with Crippen molar-refractivity contribution in [2.24, 2.45) is 0 Å². The average molecular weight is 164 g/mol. The molecule has 2 nitrogen and oxygen atoms in total. The molecule has 0 spiro atoms. The monoisotopic (exact) mass is 164 g/mol. The highest BCUT2D eigenvalue weighted by atomic mass is 16.2. The molecule has 0 aromatic rings. The van der Waals surface area contributed by atoms with E-state index in [1.807, 2.05) is 0 Å². The van der Waals surface area contributed by atoms with E-state index < -0.39 is 0 Å². The summed E-state index contributed by atoms with van der Waals surface area (Å²) < 4.78 is 0. The molecule has 0 aliphatic carbocycles. The van der Waals surface area contributed by atoms with E-state index >= 15 is 0 Å². The maximum absolute atomic E-state index is 11.4. The summed E-state index contributed by atoms with van der Waals surface area (Å²) in [5, 5.41) is 0. The van der Waals surface area contributed by atoms with Gasteiger partial charge in [-0.15, -0.1) is 0 Å². The zero-order valence-electron chi connectivity index (χ0n) is 7.62. The Bertz CT molecular complexity index is 195. The molecule has 2 fully saturated rings. The molecule has 65 valence electrons. The van der Waals surface area contributed by atoms with Crippen molar-refractivity contribution in [1.29, 1.82) is 0 Å². The highest BCUT2D eigenvalue weighted by Crippen LogP contribution is 2.35. The summed E-state index contributed by atoms with van der Waals surface area (Å²) in [4.78, 5) is 13.5. The summed E-state index contributed by atoms with van der Waals surface area (Å²) in [7, 11) is 2.27. The fourth-order valence-electron chi connectivity index (χ4n) is 2.57. The summed E-state index contributed by atoms with van der Waals surface area (Å²) in [6.45, 7) is 3.13. The Kier molecular flexibility index (Phi) is 2.12. The predicted molar refractivity (Wildman–Crippen MR) is 49.3 cm³/mol. The first kappa shape index (κ1) is 8.15. The third-order valence-electron chi connectivity index (χ3n) is 3.23. The van der Waals surface area contributed by atoms with Gasteiger partial charge in [-0.25, -0.2) is 0 Å². The summed E-state index contributed by atoms with van der Waals surface area (Å²) in [6, 6.07) is 0.552. The van der Waals surface area contributed by atoms with Crippen molar-refractivity contribution in [3.05, 3.63) is 0 Å². The molecular weight excluding hydrogens is 149 g/mol. The highest BCUT2D eigenvalue weighted by Gasteiger charge is 2.37. The van der Waals surface area contributed by atoms with Gasteiger partial charge in [0.25, 0.3) is 0 Å². The Hall–Kier alpha value is -0.465. The van der Waals surface area contributed by atoms with E-state index in [1.54, 1.807) is 0 Å². The molecule has 1 amide bonds. The number of hydrogen-bond donors (Lipinski definition) is 0. The molecule has 12 heavy (non-hydrogen) atoms. The van der Waals surface area contributed by atoms with Gasteiger partial charge in [0.2, 0.25) is 5.91 Å². The van der Waals surface area contributed by atoms with Crippen LogP contribution in [0.15, 0.2) is 0 Å². The maximum Gasteiger partial charge on any atom is 0.222 e. The second kappa shape index (κ2) is 3.12. The van der Waals surface area contributed by atoms with Crippen LogP contribution in [-0.4, -0.2) is 30.7 Å². The topological polar surface area (TPSA) is 20.3 Å². The lowest BCUT2D eigenvalue weighted by molar-refractivity contribution is -0.129. The van der Waals surface area contributed by atoms with Crippen LogP contribution in [0.3, 0.4) is 0 Å². The van der Waals surface area contributed by atoms with Crippen molar-refractivity contribution < 1.29 is 4.79 Å². The fourth-order valence-corrected chi connectivity index (χ4v) is 2.57. The molecule has 0 saturated carbocycles. The molecule has 2 heterocycles. The van der Waals surface area contributed by atoms with E-state index in [0.29, 0.717) is 17.8 Å². The SMILES string of the molecule is C[B]C1CCCN2C(=O)CCC12. The third-order valence-corrected chi connectivity index (χ3v) is 3.23. The minimum atomic E-state index is 0.381. The van der Waals surface area contributed by atoms with E-state index in [0.717, 1.165) is 19.4 Å². The Balaban J connectivity index is 2.09. The van der Waals surface area contributed by atoms with Crippen LogP contribution >= 0.6 is 0 Å². The number of carbonyl (C=O) groups is 1. The van der Waals surface area contributed by atoms with Gasteiger partial charge in [0.05, 0.1) is 0 Å². The van der Waals surface area contributed by atoms with Crippen LogP contribution in [0.1, 0.15) is 25.7 Å². The lowest BCUT2D eigenvalue weighted by Gasteiger charge is -2.36. The van der Waals surface area contributed by atoms with E-state index in [2.05, 4.69) is 19.0 Å².